The predicted octanol–water partition coefficient (Wildman–Crippen LogP) is 5.65. The molecule has 0 aliphatic carbocycles. The minimum Gasteiger partial charge on any atom is -0.398 e. The van der Waals surface area contributed by atoms with Crippen molar-refractivity contribution in [1.29, 1.82) is 0 Å². The molecule has 0 spiro atoms. The molecule has 1 aliphatic heterocycles. The van der Waals surface area contributed by atoms with Crippen molar-refractivity contribution >= 4 is 59.6 Å². The SMILES string of the molecule is CCN1C(=CC=Cc2oc3ccc4ccccc4c3[n+]2CCCS(=O)(=O)O)N(CCCS(=O)(=O)O)c2cc(C(F)(F)F)ccc21. The molecule has 1 aromatic heterocycles. The topological polar surface area (TPSA) is 132 Å². The number of fused-ring (bicyclic) bond motifs is 4. The van der Waals surface area contributed by atoms with Crippen molar-refractivity contribution in [2.24, 2.45) is 0 Å². The van der Waals surface area contributed by atoms with E-state index in [0.717, 1.165) is 28.4 Å². The van der Waals surface area contributed by atoms with Gasteiger partial charge in [0.25, 0.3) is 25.8 Å². The normalized spacial score (nSPS) is 15.3. The van der Waals surface area contributed by atoms with Gasteiger partial charge in [0.2, 0.25) is 5.58 Å². The largest absolute Gasteiger partial charge is 0.416 e. The highest BCUT2D eigenvalue weighted by Gasteiger charge is 2.36. The maximum atomic E-state index is 13.6. The summed E-state index contributed by atoms with van der Waals surface area (Å²) in [6.45, 7) is 2.43. The lowest BCUT2D eigenvalue weighted by Crippen LogP contribution is -2.36. The fourth-order valence-electron chi connectivity index (χ4n) is 5.53. The standard InChI is InChI=1S/C30H30F3N3O7S2/c1-2-34-24-14-13-22(30(31,32)33)20-25(24)35(16-6-18-44(37,38)39)27(34)10-5-11-28-36(17-7-19-45(40,41)42)29-23-9-4-3-8-21(23)12-15-26(29)43-28/h3-5,8-15,20H,2,6-7,16-19H2,1H3,(H-,37,38,39,40,41,42)/p+1. The van der Waals surface area contributed by atoms with Crippen molar-refractivity contribution in [3.05, 3.63) is 84.0 Å². The molecule has 1 aliphatic rings. The van der Waals surface area contributed by atoms with Gasteiger partial charge in [-0.2, -0.15) is 34.6 Å². The third-order valence-electron chi connectivity index (χ3n) is 7.42. The molecule has 240 valence electrons. The highest BCUT2D eigenvalue weighted by Crippen LogP contribution is 2.44. The Bertz CT molecular complexity index is 2020. The molecule has 0 atom stereocenters. The molecule has 2 heterocycles. The second-order valence-corrected chi connectivity index (χ2v) is 13.6. The summed E-state index contributed by atoms with van der Waals surface area (Å²) in [5, 5.41) is 1.81. The smallest absolute Gasteiger partial charge is 0.398 e. The van der Waals surface area contributed by atoms with Gasteiger partial charge in [-0.05, 0) is 61.2 Å². The first-order valence-electron chi connectivity index (χ1n) is 14.1. The maximum Gasteiger partial charge on any atom is 0.416 e. The number of benzene rings is 3. The summed E-state index contributed by atoms with van der Waals surface area (Å²) in [5.74, 6) is -0.168. The third kappa shape index (κ3) is 7.32. The van der Waals surface area contributed by atoms with Crippen LogP contribution < -0.4 is 14.4 Å². The zero-order valence-corrected chi connectivity index (χ0v) is 25.7. The Morgan fingerprint density at radius 1 is 0.911 bits per heavy atom. The Kier molecular flexibility index (Phi) is 8.99. The maximum absolute atomic E-state index is 13.6. The van der Waals surface area contributed by atoms with Crippen LogP contribution in [0.1, 0.15) is 31.2 Å². The summed E-state index contributed by atoms with van der Waals surface area (Å²) in [4.78, 5) is 3.37. The first kappa shape index (κ1) is 32.5. The highest BCUT2D eigenvalue weighted by atomic mass is 32.2. The number of hydrogen-bond acceptors (Lipinski definition) is 7. The van der Waals surface area contributed by atoms with Gasteiger partial charge in [-0.15, -0.1) is 0 Å². The predicted molar refractivity (Wildman–Crippen MR) is 165 cm³/mol. The molecule has 15 heteroatoms. The number of alkyl halides is 3. The zero-order chi connectivity index (χ0) is 32.6. The molecule has 2 N–H and O–H groups in total. The van der Waals surface area contributed by atoms with Crippen molar-refractivity contribution in [2.45, 2.75) is 32.5 Å². The number of halogens is 3. The first-order valence-corrected chi connectivity index (χ1v) is 17.3. The second-order valence-electron chi connectivity index (χ2n) is 10.5. The van der Waals surface area contributed by atoms with Crippen LogP contribution in [0.3, 0.4) is 0 Å². The van der Waals surface area contributed by atoms with Crippen LogP contribution in [0.5, 0.6) is 0 Å². The third-order valence-corrected chi connectivity index (χ3v) is 9.03. The Hall–Kier alpha value is -3.92. The van der Waals surface area contributed by atoms with Crippen LogP contribution in [0.15, 0.2) is 77.0 Å². The lowest BCUT2D eigenvalue weighted by atomic mass is 10.1. The van der Waals surface area contributed by atoms with Gasteiger partial charge in [0.05, 0.1) is 39.9 Å². The number of nitrogens with zero attached hydrogens (tertiary/aromatic N) is 3. The number of hydrogen-bond donors (Lipinski definition) is 2. The molecule has 0 saturated heterocycles. The van der Waals surface area contributed by atoms with Crippen molar-refractivity contribution < 1.29 is 48.1 Å². The van der Waals surface area contributed by atoms with E-state index in [4.69, 9.17) is 4.42 Å². The average molecular weight is 667 g/mol. The molecule has 0 bridgehead atoms. The fourth-order valence-corrected chi connectivity index (χ4v) is 6.52. The molecule has 0 saturated carbocycles. The molecule has 10 nitrogen and oxygen atoms in total. The van der Waals surface area contributed by atoms with Gasteiger partial charge < -0.3 is 14.2 Å². The molecule has 0 amide bonds. The van der Waals surface area contributed by atoms with Crippen LogP contribution in [0.2, 0.25) is 0 Å². The summed E-state index contributed by atoms with van der Waals surface area (Å²) < 4.78 is 113. The highest BCUT2D eigenvalue weighted by molar-refractivity contribution is 7.86. The Morgan fingerprint density at radius 3 is 2.31 bits per heavy atom. The van der Waals surface area contributed by atoms with Crippen molar-refractivity contribution in [1.82, 2.24) is 0 Å². The van der Waals surface area contributed by atoms with Crippen molar-refractivity contribution in [2.75, 3.05) is 34.4 Å². The van der Waals surface area contributed by atoms with E-state index < -0.39 is 43.5 Å². The number of rotatable bonds is 11. The van der Waals surface area contributed by atoms with Crippen LogP contribution in [-0.4, -0.2) is 50.5 Å². The summed E-state index contributed by atoms with van der Waals surface area (Å²) in [7, 11) is -8.48. The Morgan fingerprint density at radius 2 is 1.62 bits per heavy atom. The fraction of sp³-hybridized carbons (Fsp3) is 0.300. The Balaban J connectivity index is 1.56. The molecular weight excluding hydrogens is 635 g/mol. The lowest BCUT2D eigenvalue weighted by molar-refractivity contribution is -0.677. The van der Waals surface area contributed by atoms with Crippen LogP contribution in [0.4, 0.5) is 24.5 Å². The number of anilines is 2. The quantitative estimate of drug-likeness (QED) is 0.154. The lowest BCUT2D eigenvalue weighted by Gasteiger charge is -2.24. The van der Waals surface area contributed by atoms with Crippen LogP contribution in [0.25, 0.3) is 27.9 Å². The van der Waals surface area contributed by atoms with Crippen LogP contribution in [0, 0.1) is 0 Å². The summed E-state index contributed by atoms with van der Waals surface area (Å²) in [6, 6.07) is 14.7. The molecule has 0 unspecified atom stereocenters. The van der Waals surface area contributed by atoms with Gasteiger partial charge in [-0.1, -0.05) is 24.3 Å². The molecule has 4 aromatic rings. The van der Waals surface area contributed by atoms with E-state index in [-0.39, 0.29) is 31.6 Å². The summed E-state index contributed by atoms with van der Waals surface area (Å²) >= 11 is 0. The van der Waals surface area contributed by atoms with Gasteiger partial charge in [0.1, 0.15) is 5.82 Å². The minimum absolute atomic E-state index is 0.0105. The molecular formula is C30H31F3N3O7S2+. The molecule has 5 rings (SSSR count). The zero-order valence-electron chi connectivity index (χ0n) is 24.1. The molecule has 3 aromatic carbocycles. The van der Waals surface area contributed by atoms with Crippen molar-refractivity contribution in [3.63, 3.8) is 0 Å². The summed E-state index contributed by atoms with van der Waals surface area (Å²) in [5.41, 5.74) is 1.17. The van der Waals surface area contributed by atoms with Crippen LogP contribution in [-0.2, 0) is 33.0 Å². The number of aryl methyl sites for hydroxylation is 1. The van der Waals surface area contributed by atoms with Gasteiger partial charge in [-0.3, -0.25) is 9.11 Å². The van der Waals surface area contributed by atoms with Gasteiger partial charge in [0, 0.05) is 19.5 Å². The van der Waals surface area contributed by atoms with Crippen LogP contribution >= 0.6 is 0 Å². The van der Waals surface area contributed by atoms with Gasteiger partial charge in [0.15, 0.2) is 6.54 Å². The Labute approximate surface area is 258 Å². The van der Waals surface area contributed by atoms with Gasteiger partial charge in [-0.25, -0.2) is 0 Å². The van der Waals surface area contributed by atoms with E-state index in [9.17, 15) is 39.1 Å². The number of allylic oxidation sites excluding steroid dienone is 2. The van der Waals surface area contributed by atoms with E-state index in [2.05, 4.69) is 0 Å². The number of oxazole rings is 1. The molecule has 0 fully saturated rings. The summed E-state index contributed by atoms with van der Waals surface area (Å²) in [6.07, 6.45) is 0.418. The van der Waals surface area contributed by atoms with E-state index in [1.165, 1.54) is 6.07 Å². The van der Waals surface area contributed by atoms with Crippen molar-refractivity contribution in [3.8, 4) is 0 Å². The second kappa shape index (κ2) is 12.5. The van der Waals surface area contributed by atoms with Gasteiger partial charge >= 0.3 is 12.1 Å². The molecule has 0 radical (unpaired) electrons. The number of aromatic nitrogens is 1. The molecule has 45 heavy (non-hydrogen) atoms. The van der Waals surface area contributed by atoms with E-state index >= 15 is 0 Å². The van der Waals surface area contributed by atoms with E-state index in [1.54, 1.807) is 38.7 Å². The first-order chi connectivity index (χ1) is 21.2. The minimum atomic E-state index is -4.59. The van der Waals surface area contributed by atoms with E-state index in [1.807, 2.05) is 37.3 Å². The monoisotopic (exact) mass is 666 g/mol. The van der Waals surface area contributed by atoms with E-state index in [0.29, 0.717) is 29.5 Å². The average Bonchev–Trinajstić information content (AvgIpc) is 3.45.